The third-order valence-corrected chi connectivity index (χ3v) is 4.70. The van der Waals surface area contributed by atoms with Crippen LogP contribution in [-0.4, -0.2) is 21.4 Å². The van der Waals surface area contributed by atoms with E-state index in [1.54, 1.807) is 13.0 Å². The molecule has 0 aromatic carbocycles. The zero-order valence-electron chi connectivity index (χ0n) is 10.6. The van der Waals surface area contributed by atoms with Crippen LogP contribution in [-0.2, 0) is 0 Å². The maximum atomic E-state index is 12.0. The molecule has 0 unspecified atom stereocenters. The second-order valence-electron chi connectivity index (χ2n) is 4.08. The van der Waals surface area contributed by atoms with Gasteiger partial charge in [-0.25, -0.2) is 4.79 Å². The van der Waals surface area contributed by atoms with Gasteiger partial charge in [0.1, 0.15) is 10.6 Å². The summed E-state index contributed by atoms with van der Waals surface area (Å²) in [6.45, 7) is 5.48. The molecule has 0 radical (unpaired) electrons. The molecule has 2 aromatic heterocycles. The number of aryl methyl sites for hydroxylation is 3. The number of amides is 1. The molecule has 5 nitrogen and oxygen atoms in total. The van der Waals surface area contributed by atoms with Crippen LogP contribution in [0.25, 0.3) is 0 Å². The lowest BCUT2D eigenvalue weighted by molar-refractivity contribution is 0.0697. The third kappa shape index (κ3) is 2.66. The standard InChI is InChI=1S/C12H12N2O3S2/c1-5-4-8(18-7(5)3)10(15)13-11-9(12(16)17)6(2)14-19-11/h4H,1-3H3,(H,13,15)(H,16,17). The molecule has 0 saturated heterocycles. The number of aromatic carboxylic acids is 1. The number of hydrogen-bond acceptors (Lipinski definition) is 5. The van der Waals surface area contributed by atoms with E-state index in [0.717, 1.165) is 22.0 Å². The molecule has 0 fully saturated rings. The first-order valence-electron chi connectivity index (χ1n) is 5.48. The van der Waals surface area contributed by atoms with Gasteiger partial charge in [-0.15, -0.1) is 11.3 Å². The number of nitrogens with zero attached hydrogens (tertiary/aromatic N) is 1. The predicted octanol–water partition coefficient (Wildman–Crippen LogP) is 3.08. The SMILES string of the molecule is Cc1cc(C(=O)Nc2snc(C)c2C(=O)O)sc1C. The van der Waals surface area contributed by atoms with Crippen molar-refractivity contribution in [3.05, 3.63) is 32.6 Å². The van der Waals surface area contributed by atoms with Crippen LogP contribution in [0.1, 0.15) is 36.2 Å². The zero-order valence-corrected chi connectivity index (χ0v) is 12.2. The third-order valence-electron chi connectivity index (χ3n) is 2.69. The number of aromatic nitrogens is 1. The van der Waals surface area contributed by atoms with E-state index >= 15 is 0 Å². The van der Waals surface area contributed by atoms with Gasteiger partial charge in [0.15, 0.2) is 0 Å². The Balaban J connectivity index is 2.27. The fourth-order valence-electron chi connectivity index (χ4n) is 1.56. The monoisotopic (exact) mass is 296 g/mol. The van der Waals surface area contributed by atoms with Gasteiger partial charge in [-0.3, -0.25) is 4.79 Å². The highest BCUT2D eigenvalue weighted by Crippen LogP contribution is 2.27. The van der Waals surface area contributed by atoms with Gasteiger partial charge in [0.25, 0.3) is 5.91 Å². The molecule has 0 aliphatic rings. The van der Waals surface area contributed by atoms with E-state index in [1.165, 1.54) is 11.3 Å². The van der Waals surface area contributed by atoms with E-state index in [9.17, 15) is 9.59 Å². The molecule has 100 valence electrons. The second kappa shape index (κ2) is 5.10. The van der Waals surface area contributed by atoms with Gasteiger partial charge in [0.05, 0.1) is 10.6 Å². The van der Waals surface area contributed by atoms with Gasteiger partial charge in [-0.1, -0.05) is 0 Å². The van der Waals surface area contributed by atoms with Crippen molar-refractivity contribution in [2.45, 2.75) is 20.8 Å². The molecule has 0 aliphatic heterocycles. The Morgan fingerprint density at radius 2 is 2.00 bits per heavy atom. The Labute approximate surface area is 118 Å². The Morgan fingerprint density at radius 1 is 1.32 bits per heavy atom. The molecule has 0 saturated carbocycles. The Bertz CT molecular complexity index is 638. The summed E-state index contributed by atoms with van der Waals surface area (Å²) in [6.07, 6.45) is 0. The lowest BCUT2D eigenvalue weighted by Gasteiger charge is -2.01. The Morgan fingerprint density at radius 3 is 2.53 bits per heavy atom. The van der Waals surface area contributed by atoms with Crippen molar-refractivity contribution in [1.82, 2.24) is 4.37 Å². The lowest BCUT2D eigenvalue weighted by atomic mass is 10.2. The highest BCUT2D eigenvalue weighted by Gasteiger charge is 2.20. The summed E-state index contributed by atoms with van der Waals surface area (Å²) >= 11 is 2.37. The normalized spacial score (nSPS) is 10.5. The maximum Gasteiger partial charge on any atom is 0.340 e. The summed E-state index contributed by atoms with van der Waals surface area (Å²) in [5.74, 6) is -1.38. The van der Waals surface area contributed by atoms with Crippen molar-refractivity contribution >= 4 is 39.7 Å². The number of thiophene rings is 1. The van der Waals surface area contributed by atoms with Crippen LogP contribution in [0.2, 0.25) is 0 Å². The molecule has 1 amide bonds. The summed E-state index contributed by atoms with van der Waals surface area (Å²) < 4.78 is 3.96. The van der Waals surface area contributed by atoms with Gasteiger partial charge in [0, 0.05) is 4.88 Å². The van der Waals surface area contributed by atoms with Gasteiger partial charge in [-0.2, -0.15) is 4.37 Å². The molecule has 0 atom stereocenters. The largest absolute Gasteiger partial charge is 0.478 e. The molecule has 0 aliphatic carbocycles. The van der Waals surface area contributed by atoms with E-state index in [-0.39, 0.29) is 16.5 Å². The molecule has 0 spiro atoms. The van der Waals surface area contributed by atoms with E-state index in [1.807, 2.05) is 13.8 Å². The molecule has 0 bridgehead atoms. The second-order valence-corrected chi connectivity index (χ2v) is 6.11. The first kappa shape index (κ1) is 13.7. The van der Waals surface area contributed by atoms with E-state index in [4.69, 9.17) is 5.11 Å². The van der Waals surface area contributed by atoms with Crippen LogP contribution < -0.4 is 5.32 Å². The minimum atomic E-state index is -1.08. The van der Waals surface area contributed by atoms with Gasteiger partial charge < -0.3 is 10.4 Å². The number of carboxylic acid groups (broad SMARTS) is 1. The number of rotatable bonds is 3. The lowest BCUT2D eigenvalue weighted by Crippen LogP contribution is -2.12. The molecule has 7 heteroatoms. The van der Waals surface area contributed by atoms with Crippen LogP contribution in [0.3, 0.4) is 0 Å². The zero-order chi connectivity index (χ0) is 14.2. The smallest absolute Gasteiger partial charge is 0.340 e. The summed E-state index contributed by atoms with van der Waals surface area (Å²) in [6, 6.07) is 1.80. The molecule has 2 aromatic rings. The van der Waals surface area contributed by atoms with Crippen LogP contribution in [0.5, 0.6) is 0 Å². The highest BCUT2D eigenvalue weighted by molar-refractivity contribution is 7.14. The molecule has 2 rings (SSSR count). The van der Waals surface area contributed by atoms with Gasteiger partial charge in [0.2, 0.25) is 0 Å². The highest BCUT2D eigenvalue weighted by atomic mass is 32.1. The fraction of sp³-hybridized carbons (Fsp3) is 0.250. The fourth-order valence-corrected chi connectivity index (χ4v) is 3.27. The average molecular weight is 296 g/mol. The minimum absolute atomic E-state index is 0.0587. The number of carbonyl (C=O) groups is 2. The number of carboxylic acids is 1. The van der Waals surface area contributed by atoms with Crippen LogP contribution >= 0.6 is 22.9 Å². The Hall–Kier alpha value is -1.73. The van der Waals surface area contributed by atoms with Crippen LogP contribution in [0.4, 0.5) is 5.00 Å². The predicted molar refractivity (Wildman–Crippen MR) is 75.6 cm³/mol. The van der Waals surface area contributed by atoms with Crippen molar-refractivity contribution in [2.24, 2.45) is 0 Å². The van der Waals surface area contributed by atoms with Crippen molar-refractivity contribution in [3.8, 4) is 0 Å². The van der Waals surface area contributed by atoms with Crippen molar-refractivity contribution < 1.29 is 14.7 Å². The molecule has 19 heavy (non-hydrogen) atoms. The number of anilines is 1. The van der Waals surface area contributed by atoms with Crippen molar-refractivity contribution in [3.63, 3.8) is 0 Å². The minimum Gasteiger partial charge on any atom is -0.478 e. The summed E-state index contributed by atoms with van der Waals surface area (Å²) in [4.78, 5) is 24.8. The summed E-state index contributed by atoms with van der Waals surface area (Å²) in [5.41, 5.74) is 1.52. The molecular formula is C12H12N2O3S2. The molecule has 2 heterocycles. The number of nitrogens with one attached hydrogen (secondary N) is 1. The van der Waals surface area contributed by atoms with Gasteiger partial charge in [-0.05, 0) is 43.9 Å². The van der Waals surface area contributed by atoms with E-state index in [0.29, 0.717) is 10.6 Å². The van der Waals surface area contributed by atoms with Gasteiger partial charge >= 0.3 is 5.97 Å². The summed E-state index contributed by atoms with van der Waals surface area (Å²) in [7, 11) is 0. The quantitative estimate of drug-likeness (QED) is 0.912. The molecular weight excluding hydrogens is 284 g/mol. The molecule has 2 N–H and O–H groups in total. The topological polar surface area (TPSA) is 79.3 Å². The average Bonchev–Trinajstić information content (AvgIpc) is 2.84. The number of carbonyl (C=O) groups excluding carboxylic acids is 1. The van der Waals surface area contributed by atoms with Crippen molar-refractivity contribution in [1.29, 1.82) is 0 Å². The maximum absolute atomic E-state index is 12.0. The Kier molecular flexibility index (Phi) is 3.68. The van der Waals surface area contributed by atoms with Crippen LogP contribution in [0, 0.1) is 20.8 Å². The first-order chi connectivity index (χ1) is 8.90. The first-order valence-corrected chi connectivity index (χ1v) is 7.07. The number of hydrogen-bond donors (Lipinski definition) is 2. The van der Waals surface area contributed by atoms with E-state index < -0.39 is 5.97 Å². The summed E-state index contributed by atoms with van der Waals surface area (Å²) in [5, 5.41) is 12.0. The van der Waals surface area contributed by atoms with Crippen LogP contribution in [0.15, 0.2) is 6.07 Å². The van der Waals surface area contributed by atoms with Crippen molar-refractivity contribution in [2.75, 3.05) is 5.32 Å². The van der Waals surface area contributed by atoms with E-state index in [2.05, 4.69) is 9.69 Å².